The summed E-state index contributed by atoms with van der Waals surface area (Å²) in [6.45, 7) is 6.46. The molecule has 5 nitrogen and oxygen atoms in total. The molecule has 0 fully saturated rings. The number of carboxylic acids is 1. The van der Waals surface area contributed by atoms with Crippen LogP contribution in [0.3, 0.4) is 0 Å². The lowest BCUT2D eigenvalue weighted by atomic mass is 10.2. The van der Waals surface area contributed by atoms with Crippen LogP contribution in [0.4, 0.5) is 0 Å². The third-order valence-electron chi connectivity index (χ3n) is 2.84. The summed E-state index contributed by atoms with van der Waals surface area (Å²) in [6, 6.07) is 1.79. The Morgan fingerprint density at radius 2 is 2.06 bits per heavy atom. The molecule has 0 aliphatic rings. The van der Waals surface area contributed by atoms with E-state index in [1.165, 1.54) is 0 Å². The van der Waals surface area contributed by atoms with Gasteiger partial charge in [0.05, 0.1) is 12.2 Å². The molecule has 1 heterocycles. The lowest BCUT2D eigenvalue weighted by Crippen LogP contribution is -2.08. The summed E-state index contributed by atoms with van der Waals surface area (Å²) in [5.41, 5.74) is 2.34. The van der Waals surface area contributed by atoms with E-state index in [-0.39, 0.29) is 12.4 Å². The van der Waals surface area contributed by atoms with Crippen LogP contribution in [0.15, 0.2) is 6.07 Å². The van der Waals surface area contributed by atoms with E-state index in [4.69, 9.17) is 9.84 Å². The fourth-order valence-electron chi connectivity index (χ4n) is 1.95. The predicted octanol–water partition coefficient (Wildman–Crippen LogP) is 2.15. The zero-order valence-electron chi connectivity index (χ0n) is 11.0. The summed E-state index contributed by atoms with van der Waals surface area (Å²) in [6.07, 6.45) is 0.680. The fraction of sp³-hybridized carbons (Fsp3) is 0.538. The Bertz CT molecular complexity index is 448. The van der Waals surface area contributed by atoms with Crippen LogP contribution in [0, 0.1) is 13.8 Å². The molecular weight excluding hydrogens is 234 g/mol. The molecule has 0 aliphatic heterocycles. The van der Waals surface area contributed by atoms with Gasteiger partial charge >= 0.3 is 11.9 Å². The van der Waals surface area contributed by atoms with Crippen molar-refractivity contribution in [3.63, 3.8) is 0 Å². The summed E-state index contributed by atoms with van der Waals surface area (Å²) >= 11 is 0. The summed E-state index contributed by atoms with van der Waals surface area (Å²) in [5.74, 6) is -1.13. The van der Waals surface area contributed by atoms with Crippen LogP contribution >= 0.6 is 0 Å². The van der Waals surface area contributed by atoms with Gasteiger partial charge in [-0.15, -0.1) is 0 Å². The van der Waals surface area contributed by atoms with E-state index in [0.717, 1.165) is 11.4 Å². The first-order chi connectivity index (χ1) is 8.47. The van der Waals surface area contributed by atoms with Gasteiger partial charge in [-0.25, -0.2) is 4.79 Å². The lowest BCUT2D eigenvalue weighted by Gasteiger charge is -2.08. The van der Waals surface area contributed by atoms with Crippen LogP contribution in [-0.4, -0.2) is 28.2 Å². The molecular formula is C13H19NO4. The number of aliphatic carboxylic acids is 1. The van der Waals surface area contributed by atoms with Crippen molar-refractivity contribution in [2.24, 2.45) is 0 Å². The minimum Gasteiger partial charge on any atom is -0.481 e. The third-order valence-corrected chi connectivity index (χ3v) is 2.84. The third kappa shape index (κ3) is 3.35. The SMILES string of the molecule is CCOC(=O)c1cc(C)n(CCCC(=O)O)c1C. The number of carbonyl (C=O) groups excluding carboxylic acids is 1. The largest absolute Gasteiger partial charge is 0.481 e. The second-order valence-electron chi connectivity index (χ2n) is 4.15. The van der Waals surface area contributed by atoms with Crippen molar-refractivity contribution < 1.29 is 19.4 Å². The lowest BCUT2D eigenvalue weighted by molar-refractivity contribution is -0.137. The highest BCUT2D eigenvalue weighted by Crippen LogP contribution is 2.17. The number of ether oxygens (including phenoxy) is 1. The van der Waals surface area contributed by atoms with Gasteiger partial charge in [-0.1, -0.05) is 0 Å². The molecule has 0 atom stereocenters. The average Bonchev–Trinajstić information content (AvgIpc) is 2.56. The van der Waals surface area contributed by atoms with E-state index in [2.05, 4.69) is 0 Å². The van der Waals surface area contributed by atoms with Crippen molar-refractivity contribution in [1.29, 1.82) is 0 Å². The van der Waals surface area contributed by atoms with Crippen molar-refractivity contribution >= 4 is 11.9 Å². The molecule has 0 aliphatic carbocycles. The molecule has 0 spiro atoms. The predicted molar refractivity (Wildman–Crippen MR) is 66.7 cm³/mol. The second kappa shape index (κ2) is 6.23. The van der Waals surface area contributed by atoms with Gasteiger partial charge in [0.2, 0.25) is 0 Å². The summed E-state index contributed by atoms with van der Waals surface area (Å²) in [7, 11) is 0. The molecule has 1 N–H and O–H groups in total. The molecule has 0 radical (unpaired) electrons. The van der Waals surface area contributed by atoms with Gasteiger partial charge in [0, 0.05) is 24.4 Å². The zero-order valence-corrected chi connectivity index (χ0v) is 11.0. The number of hydrogen-bond donors (Lipinski definition) is 1. The highest BCUT2D eigenvalue weighted by atomic mass is 16.5. The molecule has 5 heteroatoms. The van der Waals surface area contributed by atoms with Crippen molar-refractivity contribution in [2.75, 3.05) is 6.61 Å². The smallest absolute Gasteiger partial charge is 0.339 e. The van der Waals surface area contributed by atoms with Gasteiger partial charge in [0.15, 0.2) is 0 Å². The number of aryl methyl sites for hydroxylation is 1. The zero-order chi connectivity index (χ0) is 13.7. The van der Waals surface area contributed by atoms with Gasteiger partial charge < -0.3 is 14.4 Å². The van der Waals surface area contributed by atoms with Crippen LogP contribution in [0.5, 0.6) is 0 Å². The number of carboxylic acid groups (broad SMARTS) is 1. The average molecular weight is 253 g/mol. The van der Waals surface area contributed by atoms with Gasteiger partial charge in [-0.05, 0) is 33.3 Å². The number of carbonyl (C=O) groups is 2. The van der Waals surface area contributed by atoms with Crippen molar-refractivity contribution in [3.8, 4) is 0 Å². The van der Waals surface area contributed by atoms with Crippen LogP contribution in [0.25, 0.3) is 0 Å². The maximum absolute atomic E-state index is 11.7. The van der Waals surface area contributed by atoms with Gasteiger partial charge in [0.1, 0.15) is 0 Å². The summed E-state index contributed by atoms with van der Waals surface area (Å²) < 4.78 is 6.93. The highest BCUT2D eigenvalue weighted by Gasteiger charge is 2.16. The fourth-order valence-corrected chi connectivity index (χ4v) is 1.95. The monoisotopic (exact) mass is 253 g/mol. The summed E-state index contributed by atoms with van der Waals surface area (Å²) in [4.78, 5) is 22.2. The molecule has 18 heavy (non-hydrogen) atoms. The van der Waals surface area contributed by atoms with Gasteiger partial charge in [-0.2, -0.15) is 0 Å². The van der Waals surface area contributed by atoms with Crippen LogP contribution in [0.2, 0.25) is 0 Å². The van der Waals surface area contributed by atoms with Crippen LogP contribution in [-0.2, 0) is 16.1 Å². The second-order valence-corrected chi connectivity index (χ2v) is 4.15. The van der Waals surface area contributed by atoms with Gasteiger partial charge in [0.25, 0.3) is 0 Å². The molecule has 0 aromatic carbocycles. The first-order valence-corrected chi connectivity index (χ1v) is 6.03. The number of esters is 1. The number of hydrogen-bond acceptors (Lipinski definition) is 3. The van der Waals surface area contributed by atoms with Crippen LogP contribution in [0.1, 0.15) is 41.5 Å². The standard InChI is InChI=1S/C13H19NO4/c1-4-18-13(17)11-8-9(2)14(10(11)3)7-5-6-12(15)16/h8H,4-7H2,1-3H3,(H,15,16). The molecule has 0 unspecified atom stereocenters. The molecule has 1 aromatic heterocycles. The quantitative estimate of drug-likeness (QED) is 0.789. The molecule has 0 saturated carbocycles. The molecule has 0 amide bonds. The Hall–Kier alpha value is -1.78. The normalized spacial score (nSPS) is 10.4. The number of nitrogens with zero attached hydrogens (tertiary/aromatic N) is 1. The Balaban J connectivity index is 2.80. The first kappa shape index (κ1) is 14.3. The Labute approximate surface area is 106 Å². The minimum absolute atomic E-state index is 0.131. The molecule has 100 valence electrons. The van der Waals surface area contributed by atoms with E-state index in [1.807, 2.05) is 18.4 Å². The first-order valence-electron chi connectivity index (χ1n) is 6.03. The Morgan fingerprint density at radius 3 is 2.61 bits per heavy atom. The number of aromatic nitrogens is 1. The van der Waals surface area contributed by atoms with E-state index >= 15 is 0 Å². The van der Waals surface area contributed by atoms with E-state index in [9.17, 15) is 9.59 Å². The molecule has 0 saturated heterocycles. The molecule has 1 rings (SSSR count). The maximum atomic E-state index is 11.7. The minimum atomic E-state index is -0.803. The number of rotatable bonds is 6. The molecule has 1 aromatic rings. The van der Waals surface area contributed by atoms with Crippen molar-refractivity contribution in [2.45, 2.75) is 40.2 Å². The topological polar surface area (TPSA) is 68.5 Å². The molecule has 0 bridgehead atoms. The van der Waals surface area contributed by atoms with Crippen molar-refractivity contribution in [3.05, 3.63) is 23.0 Å². The maximum Gasteiger partial charge on any atom is 0.339 e. The van der Waals surface area contributed by atoms with E-state index < -0.39 is 5.97 Å². The van der Waals surface area contributed by atoms with Crippen molar-refractivity contribution in [1.82, 2.24) is 4.57 Å². The van der Waals surface area contributed by atoms with E-state index in [0.29, 0.717) is 25.1 Å². The highest BCUT2D eigenvalue weighted by molar-refractivity contribution is 5.91. The van der Waals surface area contributed by atoms with Crippen LogP contribution < -0.4 is 0 Å². The Morgan fingerprint density at radius 1 is 1.39 bits per heavy atom. The van der Waals surface area contributed by atoms with Gasteiger partial charge in [-0.3, -0.25) is 4.79 Å². The van der Waals surface area contributed by atoms with E-state index in [1.54, 1.807) is 13.0 Å². The Kier molecular flexibility index (Phi) is 4.95. The summed E-state index contributed by atoms with van der Waals surface area (Å²) in [5, 5.41) is 8.61.